The van der Waals surface area contributed by atoms with Crippen molar-refractivity contribution in [3.63, 3.8) is 0 Å². The molecule has 1 aromatic rings. The zero-order valence-electron chi connectivity index (χ0n) is 9.18. The molecule has 1 unspecified atom stereocenters. The number of hydrogen-bond donors (Lipinski definition) is 1. The van der Waals surface area contributed by atoms with E-state index in [0.717, 1.165) is 13.0 Å². The number of hydrogen-bond acceptors (Lipinski definition) is 5. The van der Waals surface area contributed by atoms with E-state index in [4.69, 9.17) is 15.2 Å². The van der Waals surface area contributed by atoms with Crippen LogP contribution in [0.5, 0.6) is 0 Å². The number of aromatic nitrogens is 2. The molecule has 88 valence electrons. The first kappa shape index (κ1) is 10.9. The molecule has 6 heteroatoms. The molecule has 0 aliphatic carbocycles. The lowest BCUT2D eigenvalue weighted by atomic mass is 10.2. The predicted molar refractivity (Wildman–Crippen MR) is 57.1 cm³/mol. The molecule has 0 radical (unpaired) electrons. The largest absolute Gasteiger partial charge is 0.461 e. The SMILES string of the molecule is CCOC(=O)c1ncn(C2CCOC2)c1N. The number of carbonyl (C=O) groups excluding carboxylic acids is 1. The molecule has 1 aromatic heterocycles. The standard InChI is InChI=1S/C10H15N3O3/c1-2-16-10(14)8-9(11)13(6-12-8)7-3-4-15-5-7/h6-7H,2-5,11H2,1H3. The van der Waals surface area contributed by atoms with Gasteiger partial charge in [-0.25, -0.2) is 9.78 Å². The molecule has 0 saturated carbocycles. The Bertz CT molecular complexity index is 383. The smallest absolute Gasteiger partial charge is 0.360 e. The topological polar surface area (TPSA) is 79.4 Å². The monoisotopic (exact) mass is 225 g/mol. The Kier molecular flexibility index (Phi) is 3.09. The Morgan fingerprint density at radius 3 is 3.25 bits per heavy atom. The number of carbonyl (C=O) groups is 1. The van der Waals surface area contributed by atoms with Crippen molar-refractivity contribution in [1.29, 1.82) is 0 Å². The Labute approximate surface area is 93.3 Å². The molecular formula is C10H15N3O3. The van der Waals surface area contributed by atoms with Gasteiger partial charge in [-0.3, -0.25) is 0 Å². The number of imidazole rings is 1. The first-order chi connectivity index (χ1) is 7.74. The van der Waals surface area contributed by atoms with Gasteiger partial charge in [0.1, 0.15) is 5.82 Å². The zero-order chi connectivity index (χ0) is 11.5. The zero-order valence-corrected chi connectivity index (χ0v) is 9.18. The second-order valence-electron chi connectivity index (χ2n) is 3.62. The third-order valence-corrected chi connectivity index (χ3v) is 2.60. The van der Waals surface area contributed by atoms with Gasteiger partial charge in [-0.2, -0.15) is 0 Å². The summed E-state index contributed by atoms with van der Waals surface area (Å²) in [5.41, 5.74) is 6.05. The van der Waals surface area contributed by atoms with Gasteiger partial charge in [-0.05, 0) is 13.3 Å². The molecule has 1 saturated heterocycles. The minimum absolute atomic E-state index is 0.177. The van der Waals surface area contributed by atoms with Crippen LogP contribution in [0.3, 0.4) is 0 Å². The molecule has 0 bridgehead atoms. The lowest BCUT2D eigenvalue weighted by Gasteiger charge is -2.11. The van der Waals surface area contributed by atoms with Gasteiger partial charge in [0, 0.05) is 6.61 Å². The van der Waals surface area contributed by atoms with Gasteiger partial charge in [0.15, 0.2) is 5.69 Å². The lowest BCUT2D eigenvalue weighted by Crippen LogP contribution is -2.13. The summed E-state index contributed by atoms with van der Waals surface area (Å²) in [4.78, 5) is 15.5. The summed E-state index contributed by atoms with van der Waals surface area (Å²) < 4.78 is 11.9. The van der Waals surface area contributed by atoms with Gasteiger partial charge in [0.2, 0.25) is 0 Å². The highest BCUT2D eigenvalue weighted by Crippen LogP contribution is 2.23. The van der Waals surface area contributed by atoms with Crippen LogP contribution in [0.4, 0.5) is 5.82 Å². The number of nitrogen functional groups attached to an aromatic ring is 1. The maximum Gasteiger partial charge on any atom is 0.360 e. The average molecular weight is 225 g/mol. The number of ether oxygens (including phenoxy) is 2. The minimum atomic E-state index is -0.474. The molecule has 1 aliphatic heterocycles. The van der Waals surface area contributed by atoms with E-state index in [9.17, 15) is 4.79 Å². The fraction of sp³-hybridized carbons (Fsp3) is 0.600. The molecule has 0 spiro atoms. The van der Waals surface area contributed by atoms with Crippen LogP contribution in [0.15, 0.2) is 6.33 Å². The number of rotatable bonds is 3. The molecule has 1 atom stereocenters. The van der Waals surface area contributed by atoms with E-state index in [2.05, 4.69) is 4.98 Å². The van der Waals surface area contributed by atoms with E-state index in [1.807, 2.05) is 0 Å². The first-order valence-corrected chi connectivity index (χ1v) is 5.31. The molecule has 2 heterocycles. The quantitative estimate of drug-likeness (QED) is 0.762. The molecule has 0 aromatic carbocycles. The van der Waals surface area contributed by atoms with Crippen LogP contribution in [0.1, 0.15) is 29.9 Å². The summed E-state index contributed by atoms with van der Waals surface area (Å²) in [6, 6.07) is 0.177. The Balaban J connectivity index is 2.19. The third kappa shape index (κ3) is 1.88. The van der Waals surface area contributed by atoms with Gasteiger partial charge in [-0.1, -0.05) is 0 Å². The molecule has 2 N–H and O–H groups in total. The minimum Gasteiger partial charge on any atom is -0.461 e. The fourth-order valence-corrected chi connectivity index (χ4v) is 1.76. The van der Waals surface area contributed by atoms with Crippen LogP contribution in [-0.4, -0.2) is 35.3 Å². The highest BCUT2D eigenvalue weighted by Gasteiger charge is 2.23. The van der Waals surface area contributed by atoms with Crippen molar-refractivity contribution in [1.82, 2.24) is 9.55 Å². The first-order valence-electron chi connectivity index (χ1n) is 5.31. The van der Waals surface area contributed by atoms with E-state index in [1.165, 1.54) is 0 Å². The molecule has 0 amide bonds. The van der Waals surface area contributed by atoms with Crippen LogP contribution >= 0.6 is 0 Å². The van der Waals surface area contributed by atoms with E-state index < -0.39 is 5.97 Å². The summed E-state index contributed by atoms with van der Waals surface area (Å²) >= 11 is 0. The van der Waals surface area contributed by atoms with Crippen molar-refractivity contribution >= 4 is 11.8 Å². The Hall–Kier alpha value is -1.56. The molecule has 1 aliphatic rings. The summed E-state index contributed by atoms with van der Waals surface area (Å²) in [7, 11) is 0. The molecular weight excluding hydrogens is 210 g/mol. The van der Waals surface area contributed by atoms with Crippen molar-refractivity contribution < 1.29 is 14.3 Å². The molecule has 16 heavy (non-hydrogen) atoms. The fourth-order valence-electron chi connectivity index (χ4n) is 1.76. The van der Waals surface area contributed by atoms with E-state index in [-0.39, 0.29) is 11.7 Å². The summed E-state index contributed by atoms with van der Waals surface area (Å²) in [6.07, 6.45) is 2.46. The van der Waals surface area contributed by atoms with E-state index in [0.29, 0.717) is 19.0 Å². The van der Waals surface area contributed by atoms with Crippen molar-refractivity contribution in [2.75, 3.05) is 25.6 Å². The Morgan fingerprint density at radius 1 is 1.81 bits per heavy atom. The maximum atomic E-state index is 11.5. The summed E-state index contributed by atoms with van der Waals surface area (Å²) in [5, 5.41) is 0. The van der Waals surface area contributed by atoms with Crippen molar-refractivity contribution in [3.8, 4) is 0 Å². The Morgan fingerprint density at radius 2 is 2.62 bits per heavy atom. The van der Waals surface area contributed by atoms with E-state index in [1.54, 1.807) is 17.8 Å². The van der Waals surface area contributed by atoms with Crippen molar-refractivity contribution in [2.24, 2.45) is 0 Å². The number of anilines is 1. The van der Waals surface area contributed by atoms with Gasteiger partial charge in [0.25, 0.3) is 0 Å². The number of nitrogens with two attached hydrogens (primary N) is 1. The van der Waals surface area contributed by atoms with Crippen LogP contribution in [0, 0.1) is 0 Å². The van der Waals surface area contributed by atoms with Crippen LogP contribution in [0.25, 0.3) is 0 Å². The van der Waals surface area contributed by atoms with Gasteiger partial charge in [0.05, 0.1) is 25.6 Å². The maximum absolute atomic E-state index is 11.5. The van der Waals surface area contributed by atoms with Crippen LogP contribution in [0.2, 0.25) is 0 Å². The molecule has 1 fully saturated rings. The highest BCUT2D eigenvalue weighted by molar-refractivity contribution is 5.92. The predicted octanol–water partition coefficient (Wildman–Crippen LogP) is 0.603. The summed E-state index contributed by atoms with van der Waals surface area (Å²) in [6.45, 7) is 3.40. The highest BCUT2D eigenvalue weighted by atomic mass is 16.5. The molecule has 6 nitrogen and oxygen atoms in total. The van der Waals surface area contributed by atoms with Gasteiger partial charge >= 0.3 is 5.97 Å². The van der Waals surface area contributed by atoms with Crippen LogP contribution in [-0.2, 0) is 9.47 Å². The second-order valence-corrected chi connectivity index (χ2v) is 3.62. The summed E-state index contributed by atoms with van der Waals surface area (Å²) in [5.74, 6) is -0.119. The number of esters is 1. The second kappa shape index (κ2) is 4.52. The van der Waals surface area contributed by atoms with Crippen LogP contribution < -0.4 is 5.73 Å². The van der Waals surface area contributed by atoms with Gasteiger partial charge < -0.3 is 19.8 Å². The normalized spacial score (nSPS) is 19.9. The molecule has 2 rings (SSSR count). The van der Waals surface area contributed by atoms with Gasteiger partial charge in [-0.15, -0.1) is 0 Å². The van der Waals surface area contributed by atoms with Crippen molar-refractivity contribution in [3.05, 3.63) is 12.0 Å². The van der Waals surface area contributed by atoms with Crippen molar-refractivity contribution in [2.45, 2.75) is 19.4 Å². The third-order valence-electron chi connectivity index (χ3n) is 2.60. The average Bonchev–Trinajstić information content (AvgIpc) is 2.86. The number of nitrogens with zero attached hydrogens (tertiary/aromatic N) is 2. The lowest BCUT2D eigenvalue weighted by molar-refractivity contribution is 0.0521. The van der Waals surface area contributed by atoms with E-state index >= 15 is 0 Å².